The summed E-state index contributed by atoms with van der Waals surface area (Å²) in [6.45, 7) is 3.88. The molecule has 0 fully saturated rings. The molecule has 0 aliphatic rings. The Hall–Kier alpha value is -1.22. The summed E-state index contributed by atoms with van der Waals surface area (Å²) in [6, 6.07) is 5.25. The maximum absolute atomic E-state index is 11.2. The van der Waals surface area contributed by atoms with Crippen molar-refractivity contribution in [1.29, 1.82) is 0 Å². The molecule has 0 amide bonds. The van der Waals surface area contributed by atoms with Gasteiger partial charge in [0.05, 0.1) is 13.7 Å². The SMILES string of the molecule is CCOc1cc(C(Cl)C(C)=O)ccc1OC. The van der Waals surface area contributed by atoms with Gasteiger partial charge in [-0.1, -0.05) is 6.07 Å². The maximum atomic E-state index is 11.2. The number of ether oxygens (including phenoxy) is 2. The number of hydrogen-bond acceptors (Lipinski definition) is 3. The number of alkyl halides is 1. The number of rotatable bonds is 5. The summed E-state index contributed by atoms with van der Waals surface area (Å²) in [5, 5.41) is -0.634. The van der Waals surface area contributed by atoms with Crippen LogP contribution in [-0.4, -0.2) is 19.5 Å². The van der Waals surface area contributed by atoms with E-state index in [1.54, 1.807) is 25.3 Å². The zero-order valence-corrected chi connectivity index (χ0v) is 10.4. The largest absolute Gasteiger partial charge is 0.493 e. The van der Waals surface area contributed by atoms with Crippen LogP contribution in [0.1, 0.15) is 24.8 Å². The molecule has 16 heavy (non-hydrogen) atoms. The van der Waals surface area contributed by atoms with Crippen LogP contribution in [0.2, 0.25) is 0 Å². The van der Waals surface area contributed by atoms with Gasteiger partial charge < -0.3 is 9.47 Å². The molecule has 0 spiro atoms. The molecule has 1 rings (SSSR count). The highest BCUT2D eigenvalue weighted by atomic mass is 35.5. The molecule has 0 radical (unpaired) electrons. The Morgan fingerprint density at radius 2 is 2.12 bits per heavy atom. The summed E-state index contributed by atoms with van der Waals surface area (Å²) >= 11 is 5.96. The highest BCUT2D eigenvalue weighted by molar-refractivity contribution is 6.30. The van der Waals surface area contributed by atoms with Crippen LogP contribution in [-0.2, 0) is 4.79 Å². The van der Waals surface area contributed by atoms with Crippen LogP contribution in [0.15, 0.2) is 18.2 Å². The van der Waals surface area contributed by atoms with Gasteiger partial charge in [0.15, 0.2) is 17.3 Å². The molecule has 0 saturated carbocycles. The summed E-state index contributed by atoms with van der Waals surface area (Å²) in [6.07, 6.45) is 0. The molecule has 0 saturated heterocycles. The number of ketones is 1. The Bertz CT molecular complexity index is 377. The maximum Gasteiger partial charge on any atom is 0.161 e. The van der Waals surface area contributed by atoms with Crippen molar-refractivity contribution in [3.05, 3.63) is 23.8 Å². The first-order valence-electron chi connectivity index (χ1n) is 5.05. The fourth-order valence-corrected chi connectivity index (χ4v) is 1.49. The van der Waals surface area contributed by atoms with Gasteiger partial charge in [-0.15, -0.1) is 11.6 Å². The average molecular weight is 243 g/mol. The third-order valence-electron chi connectivity index (χ3n) is 2.14. The van der Waals surface area contributed by atoms with Crippen molar-refractivity contribution in [2.45, 2.75) is 19.2 Å². The Morgan fingerprint density at radius 1 is 1.44 bits per heavy atom. The van der Waals surface area contributed by atoms with E-state index in [-0.39, 0.29) is 5.78 Å². The number of halogens is 1. The molecular formula is C12H15ClO3. The van der Waals surface area contributed by atoms with Crippen molar-refractivity contribution in [2.75, 3.05) is 13.7 Å². The fraction of sp³-hybridized carbons (Fsp3) is 0.417. The summed E-state index contributed by atoms with van der Waals surface area (Å²) in [5.41, 5.74) is 0.721. The normalized spacial score (nSPS) is 12.0. The zero-order chi connectivity index (χ0) is 12.1. The van der Waals surface area contributed by atoms with Crippen LogP contribution in [0.4, 0.5) is 0 Å². The molecule has 1 unspecified atom stereocenters. The van der Waals surface area contributed by atoms with Gasteiger partial charge in [0, 0.05) is 0 Å². The molecule has 4 heteroatoms. The molecule has 0 heterocycles. The van der Waals surface area contributed by atoms with E-state index in [4.69, 9.17) is 21.1 Å². The first-order chi connectivity index (χ1) is 7.60. The molecule has 0 bridgehead atoms. The lowest BCUT2D eigenvalue weighted by Crippen LogP contribution is -2.03. The first kappa shape index (κ1) is 12.8. The van der Waals surface area contributed by atoms with Gasteiger partial charge >= 0.3 is 0 Å². The van der Waals surface area contributed by atoms with E-state index >= 15 is 0 Å². The van der Waals surface area contributed by atoms with Gasteiger partial charge in [0.25, 0.3) is 0 Å². The molecule has 1 aromatic rings. The Balaban J connectivity index is 3.05. The minimum absolute atomic E-state index is 0.0886. The van der Waals surface area contributed by atoms with E-state index in [9.17, 15) is 4.79 Å². The predicted octanol–water partition coefficient (Wildman–Crippen LogP) is 2.96. The van der Waals surface area contributed by atoms with Gasteiger partial charge in [0.1, 0.15) is 5.38 Å². The standard InChI is InChI=1S/C12H15ClO3/c1-4-16-11-7-9(12(13)8(2)14)5-6-10(11)15-3/h5-7,12H,4H2,1-3H3. The quantitative estimate of drug-likeness (QED) is 0.745. The predicted molar refractivity (Wildman–Crippen MR) is 63.4 cm³/mol. The molecule has 0 N–H and O–H groups in total. The van der Waals surface area contributed by atoms with Crippen LogP contribution in [0.5, 0.6) is 11.5 Å². The molecule has 1 atom stereocenters. The third-order valence-corrected chi connectivity index (χ3v) is 2.70. The highest BCUT2D eigenvalue weighted by Crippen LogP contribution is 2.32. The van der Waals surface area contributed by atoms with Gasteiger partial charge in [0.2, 0.25) is 0 Å². The van der Waals surface area contributed by atoms with E-state index in [1.807, 2.05) is 6.92 Å². The van der Waals surface area contributed by atoms with Crippen molar-refractivity contribution in [3.8, 4) is 11.5 Å². The van der Waals surface area contributed by atoms with E-state index in [1.165, 1.54) is 6.92 Å². The molecular weight excluding hydrogens is 228 g/mol. The lowest BCUT2D eigenvalue weighted by atomic mass is 10.1. The summed E-state index contributed by atoms with van der Waals surface area (Å²) in [4.78, 5) is 11.2. The van der Waals surface area contributed by atoms with Crippen molar-refractivity contribution >= 4 is 17.4 Å². The van der Waals surface area contributed by atoms with Crippen molar-refractivity contribution in [2.24, 2.45) is 0 Å². The van der Waals surface area contributed by atoms with Gasteiger partial charge in [-0.05, 0) is 31.5 Å². The average Bonchev–Trinajstić information content (AvgIpc) is 2.28. The minimum Gasteiger partial charge on any atom is -0.493 e. The smallest absolute Gasteiger partial charge is 0.161 e. The number of carbonyl (C=O) groups is 1. The molecule has 0 aromatic heterocycles. The molecule has 0 aliphatic carbocycles. The number of benzene rings is 1. The molecule has 88 valence electrons. The number of Topliss-reactive ketones (excluding diaryl/α,β-unsaturated/α-hetero) is 1. The highest BCUT2D eigenvalue weighted by Gasteiger charge is 2.15. The monoisotopic (exact) mass is 242 g/mol. The number of hydrogen-bond donors (Lipinski definition) is 0. The van der Waals surface area contributed by atoms with Crippen LogP contribution < -0.4 is 9.47 Å². The van der Waals surface area contributed by atoms with Gasteiger partial charge in [-0.25, -0.2) is 0 Å². The molecule has 0 aliphatic heterocycles. The number of carbonyl (C=O) groups excluding carboxylic acids is 1. The second kappa shape index (κ2) is 5.75. The van der Waals surface area contributed by atoms with E-state index in [2.05, 4.69) is 0 Å². The summed E-state index contributed by atoms with van der Waals surface area (Å²) in [5.74, 6) is 1.15. The van der Waals surface area contributed by atoms with Crippen LogP contribution in [0.3, 0.4) is 0 Å². The lowest BCUT2D eigenvalue weighted by Gasteiger charge is -2.12. The Morgan fingerprint density at radius 3 is 2.62 bits per heavy atom. The first-order valence-corrected chi connectivity index (χ1v) is 5.49. The Kier molecular flexibility index (Phi) is 4.62. The summed E-state index contributed by atoms with van der Waals surface area (Å²) < 4.78 is 10.5. The zero-order valence-electron chi connectivity index (χ0n) is 9.62. The summed E-state index contributed by atoms with van der Waals surface area (Å²) in [7, 11) is 1.57. The third kappa shape index (κ3) is 2.89. The van der Waals surface area contributed by atoms with E-state index in [0.29, 0.717) is 18.1 Å². The topological polar surface area (TPSA) is 35.5 Å². The van der Waals surface area contributed by atoms with Crippen LogP contribution >= 0.6 is 11.6 Å². The van der Waals surface area contributed by atoms with E-state index in [0.717, 1.165) is 5.56 Å². The lowest BCUT2D eigenvalue weighted by molar-refractivity contribution is -0.116. The van der Waals surface area contributed by atoms with Crippen LogP contribution in [0, 0.1) is 0 Å². The second-order valence-electron chi connectivity index (χ2n) is 3.32. The van der Waals surface area contributed by atoms with E-state index < -0.39 is 5.38 Å². The molecule has 1 aromatic carbocycles. The van der Waals surface area contributed by atoms with Crippen molar-refractivity contribution < 1.29 is 14.3 Å². The van der Waals surface area contributed by atoms with Crippen molar-refractivity contribution in [1.82, 2.24) is 0 Å². The second-order valence-corrected chi connectivity index (χ2v) is 3.75. The molecule has 3 nitrogen and oxygen atoms in total. The van der Waals surface area contributed by atoms with Gasteiger partial charge in [-0.3, -0.25) is 4.79 Å². The number of methoxy groups -OCH3 is 1. The Labute approximate surface area is 100 Å². The fourth-order valence-electron chi connectivity index (χ4n) is 1.35. The van der Waals surface area contributed by atoms with Crippen molar-refractivity contribution in [3.63, 3.8) is 0 Å². The van der Waals surface area contributed by atoms with Gasteiger partial charge in [-0.2, -0.15) is 0 Å². The minimum atomic E-state index is -0.634. The van der Waals surface area contributed by atoms with Crippen LogP contribution in [0.25, 0.3) is 0 Å².